The van der Waals surface area contributed by atoms with Crippen LogP contribution in [0.1, 0.15) is 17.2 Å². The van der Waals surface area contributed by atoms with Crippen molar-refractivity contribution >= 4 is 5.97 Å². The highest BCUT2D eigenvalue weighted by atomic mass is 19.1. The largest absolute Gasteiger partial charge is 0.467 e. The van der Waals surface area contributed by atoms with E-state index in [-0.39, 0.29) is 11.1 Å². The average molecular weight is 229 g/mol. The van der Waals surface area contributed by atoms with Crippen molar-refractivity contribution in [2.45, 2.75) is 19.1 Å². The molecule has 0 radical (unpaired) electrons. The van der Waals surface area contributed by atoms with Gasteiger partial charge in [-0.1, -0.05) is 0 Å². The third-order valence-corrected chi connectivity index (χ3v) is 2.12. The Bertz CT molecular complexity index is 396. The predicted octanol–water partition coefficient (Wildman–Crippen LogP) is 0.0964. The molecule has 0 fully saturated rings. The SMILES string of the molecule is COC(=O)C(O)C(O)c1cnc(F)c(C)c1. The van der Waals surface area contributed by atoms with Gasteiger partial charge in [0.25, 0.3) is 0 Å². The molecule has 1 aromatic heterocycles. The Morgan fingerprint density at radius 2 is 2.19 bits per heavy atom. The second-order valence-electron chi connectivity index (χ2n) is 3.29. The van der Waals surface area contributed by atoms with Crippen molar-refractivity contribution in [2.24, 2.45) is 0 Å². The Hall–Kier alpha value is -1.53. The second-order valence-corrected chi connectivity index (χ2v) is 3.29. The van der Waals surface area contributed by atoms with Gasteiger partial charge >= 0.3 is 5.97 Å². The van der Waals surface area contributed by atoms with E-state index >= 15 is 0 Å². The number of methoxy groups -OCH3 is 1. The van der Waals surface area contributed by atoms with E-state index in [1.165, 1.54) is 13.0 Å². The first-order valence-corrected chi connectivity index (χ1v) is 4.53. The van der Waals surface area contributed by atoms with Crippen molar-refractivity contribution in [3.05, 3.63) is 29.3 Å². The molecule has 5 nitrogen and oxygen atoms in total. The zero-order valence-corrected chi connectivity index (χ0v) is 8.85. The fourth-order valence-corrected chi connectivity index (χ4v) is 1.17. The van der Waals surface area contributed by atoms with Gasteiger partial charge in [0.1, 0.15) is 6.10 Å². The number of aliphatic hydroxyl groups excluding tert-OH is 2. The lowest BCUT2D eigenvalue weighted by molar-refractivity contribution is -0.156. The van der Waals surface area contributed by atoms with Gasteiger partial charge in [-0.2, -0.15) is 4.39 Å². The van der Waals surface area contributed by atoms with Gasteiger partial charge in [0.15, 0.2) is 6.10 Å². The summed E-state index contributed by atoms with van der Waals surface area (Å²) in [5, 5.41) is 18.9. The van der Waals surface area contributed by atoms with Crippen LogP contribution >= 0.6 is 0 Å². The molecular weight excluding hydrogens is 217 g/mol. The second kappa shape index (κ2) is 5.00. The predicted molar refractivity (Wildman–Crippen MR) is 51.9 cm³/mol. The van der Waals surface area contributed by atoms with Gasteiger partial charge in [0.2, 0.25) is 5.95 Å². The summed E-state index contributed by atoms with van der Waals surface area (Å²) >= 11 is 0. The molecule has 0 spiro atoms. The molecule has 1 heterocycles. The molecule has 2 unspecified atom stereocenters. The number of aromatic nitrogens is 1. The van der Waals surface area contributed by atoms with E-state index in [2.05, 4.69) is 9.72 Å². The normalized spacial score (nSPS) is 14.3. The fourth-order valence-electron chi connectivity index (χ4n) is 1.17. The zero-order chi connectivity index (χ0) is 12.3. The van der Waals surface area contributed by atoms with Crippen LogP contribution in [0.15, 0.2) is 12.3 Å². The maximum absolute atomic E-state index is 12.8. The van der Waals surface area contributed by atoms with Gasteiger partial charge in [-0.3, -0.25) is 0 Å². The minimum Gasteiger partial charge on any atom is -0.467 e. The van der Waals surface area contributed by atoms with Crippen LogP contribution in [0.3, 0.4) is 0 Å². The number of hydrogen-bond acceptors (Lipinski definition) is 5. The number of hydrogen-bond donors (Lipinski definition) is 2. The summed E-state index contributed by atoms with van der Waals surface area (Å²) in [4.78, 5) is 14.3. The first-order chi connectivity index (χ1) is 7.47. The van der Waals surface area contributed by atoms with Gasteiger partial charge < -0.3 is 14.9 Å². The van der Waals surface area contributed by atoms with Crippen molar-refractivity contribution in [2.75, 3.05) is 7.11 Å². The molecule has 1 rings (SSSR count). The van der Waals surface area contributed by atoms with Crippen LogP contribution in [0.2, 0.25) is 0 Å². The quantitative estimate of drug-likeness (QED) is 0.567. The van der Waals surface area contributed by atoms with E-state index < -0.39 is 24.1 Å². The van der Waals surface area contributed by atoms with Crippen molar-refractivity contribution in [3.8, 4) is 0 Å². The highest BCUT2D eigenvalue weighted by Crippen LogP contribution is 2.18. The van der Waals surface area contributed by atoms with Gasteiger partial charge in [-0.25, -0.2) is 9.78 Å². The monoisotopic (exact) mass is 229 g/mol. The molecule has 2 N–H and O–H groups in total. The molecule has 0 saturated carbocycles. The summed E-state index contributed by atoms with van der Waals surface area (Å²) < 4.78 is 17.1. The molecule has 16 heavy (non-hydrogen) atoms. The zero-order valence-electron chi connectivity index (χ0n) is 8.85. The first kappa shape index (κ1) is 12.5. The summed E-state index contributed by atoms with van der Waals surface area (Å²) in [6.07, 6.45) is -2.14. The highest BCUT2D eigenvalue weighted by molar-refractivity contribution is 5.75. The summed E-state index contributed by atoms with van der Waals surface area (Å²) in [6.45, 7) is 1.46. The molecule has 0 aliphatic carbocycles. The fraction of sp³-hybridized carbons (Fsp3) is 0.400. The molecule has 0 aliphatic heterocycles. The number of aliphatic hydroxyl groups is 2. The number of halogens is 1. The van der Waals surface area contributed by atoms with E-state index in [1.807, 2.05) is 0 Å². The number of pyridine rings is 1. The molecule has 88 valence electrons. The Labute approximate surface area is 91.5 Å². The average Bonchev–Trinajstić information content (AvgIpc) is 2.29. The number of aryl methyl sites for hydroxylation is 1. The Morgan fingerprint density at radius 1 is 1.56 bits per heavy atom. The number of nitrogens with zero attached hydrogens (tertiary/aromatic N) is 1. The third kappa shape index (κ3) is 2.53. The minimum absolute atomic E-state index is 0.150. The smallest absolute Gasteiger partial charge is 0.337 e. The van der Waals surface area contributed by atoms with Crippen LogP contribution in [0.4, 0.5) is 4.39 Å². The minimum atomic E-state index is -1.71. The molecule has 0 bridgehead atoms. The van der Waals surface area contributed by atoms with E-state index in [0.29, 0.717) is 0 Å². The molecule has 0 saturated heterocycles. The Balaban J connectivity index is 2.91. The van der Waals surface area contributed by atoms with E-state index in [1.54, 1.807) is 0 Å². The highest BCUT2D eigenvalue weighted by Gasteiger charge is 2.27. The molecule has 0 aliphatic rings. The third-order valence-electron chi connectivity index (χ3n) is 2.12. The number of carbonyl (C=O) groups is 1. The summed E-state index contributed by atoms with van der Waals surface area (Å²) in [5.41, 5.74) is 0.366. The molecule has 2 atom stereocenters. The van der Waals surface area contributed by atoms with E-state index in [0.717, 1.165) is 13.3 Å². The Morgan fingerprint density at radius 3 is 2.69 bits per heavy atom. The number of ether oxygens (including phenoxy) is 1. The van der Waals surface area contributed by atoms with Crippen molar-refractivity contribution in [1.82, 2.24) is 4.98 Å². The van der Waals surface area contributed by atoms with Crippen LogP contribution in [-0.4, -0.2) is 34.4 Å². The van der Waals surface area contributed by atoms with Crippen LogP contribution < -0.4 is 0 Å². The van der Waals surface area contributed by atoms with Gasteiger partial charge in [-0.05, 0) is 13.0 Å². The first-order valence-electron chi connectivity index (χ1n) is 4.53. The van der Waals surface area contributed by atoms with Gasteiger partial charge in [0, 0.05) is 17.3 Å². The van der Waals surface area contributed by atoms with Crippen LogP contribution in [0.25, 0.3) is 0 Å². The van der Waals surface area contributed by atoms with Crippen molar-refractivity contribution in [3.63, 3.8) is 0 Å². The van der Waals surface area contributed by atoms with Crippen LogP contribution in [-0.2, 0) is 9.53 Å². The van der Waals surface area contributed by atoms with Crippen LogP contribution in [0, 0.1) is 12.9 Å². The number of carbonyl (C=O) groups excluding carboxylic acids is 1. The van der Waals surface area contributed by atoms with Crippen molar-refractivity contribution < 1.29 is 24.1 Å². The van der Waals surface area contributed by atoms with Crippen LogP contribution in [0.5, 0.6) is 0 Å². The van der Waals surface area contributed by atoms with Gasteiger partial charge in [0.05, 0.1) is 7.11 Å². The maximum atomic E-state index is 12.8. The van der Waals surface area contributed by atoms with E-state index in [4.69, 9.17) is 0 Å². The molecule has 1 aromatic rings. The lowest BCUT2D eigenvalue weighted by Crippen LogP contribution is -2.29. The van der Waals surface area contributed by atoms with E-state index in [9.17, 15) is 19.4 Å². The number of rotatable bonds is 3. The van der Waals surface area contributed by atoms with Crippen molar-refractivity contribution in [1.29, 1.82) is 0 Å². The molecular formula is C10H12FNO4. The lowest BCUT2D eigenvalue weighted by Gasteiger charge is -2.15. The summed E-state index contributed by atoms with van der Waals surface area (Å²) in [5.74, 6) is -1.63. The topological polar surface area (TPSA) is 79.7 Å². The maximum Gasteiger partial charge on any atom is 0.337 e. The summed E-state index contributed by atoms with van der Waals surface area (Å²) in [6, 6.07) is 1.30. The standard InChI is InChI=1S/C10H12FNO4/c1-5-3-6(4-12-9(5)11)7(13)8(14)10(15)16-2/h3-4,7-8,13-14H,1-2H3. The molecule has 0 amide bonds. The van der Waals surface area contributed by atoms with Gasteiger partial charge in [-0.15, -0.1) is 0 Å². The Kier molecular flexibility index (Phi) is 3.92. The molecule has 6 heteroatoms. The lowest BCUT2D eigenvalue weighted by atomic mass is 10.1. The molecule has 0 aromatic carbocycles. The number of esters is 1. The summed E-state index contributed by atoms with van der Waals surface area (Å²) in [7, 11) is 1.09.